The van der Waals surface area contributed by atoms with Crippen molar-refractivity contribution in [2.75, 3.05) is 0 Å². The van der Waals surface area contributed by atoms with Gasteiger partial charge in [0.25, 0.3) is 0 Å². The predicted octanol–water partition coefficient (Wildman–Crippen LogP) is 3.86. The molecule has 2 saturated carbocycles. The molecule has 2 aliphatic rings. The normalized spacial score (nSPS) is 43.0. The molecule has 2 rings (SSSR count). The zero-order valence-corrected chi connectivity index (χ0v) is 8.55. The maximum atomic E-state index is 2.49. The number of hydrogen-bond acceptors (Lipinski definition) is 0. The fourth-order valence-corrected chi connectivity index (χ4v) is 3.36. The van der Waals surface area contributed by atoms with E-state index in [1.54, 1.807) is 12.8 Å². The molecule has 0 aromatic carbocycles. The topological polar surface area (TPSA) is 0 Å². The smallest absolute Gasteiger partial charge is 0.0332 e. The second kappa shape index (κ2) is 3.40. The Morgan fingerprint density at radius 1 is 1.08 bits per heavy atom. The summed E-state index contributed by atoms with van der Waals surface area (Å²) in [6.07, 6.45) is 9.07. The molecule has 0 radical (unpaired) electrons. The molecule has 2 aliphatic carbocycles. The lowest BCUT2D eigenvalue weighted by atomic mass is 9.69. The summed E-state index contributed by atoms with van der Waals surface area (Å²) in [6, 6.07) is 0. The SMILES string of the molecule is CCC1CCCC(C)C1C1CC1. The van der Waals surface area contributed by atoms with Crippen LogP contribution in [0.4, 0.5) is 0 Å². The van der Waals surface area contributed by atoms with Gasteiger partial charge >= 0.3 is 0 Å². The van der Waals surface area contributed by atoms with Gasteiger partial charge in [-0.15, -0.1) is 0 Å². The minimum Gasteiger partial charge on any atom is -0.0651 e. The first-order chi connectivity index (χ1) is 5.83. The van der Waals surface area contributed by atoms with Gasteiger partial charge in [-0.1, -0.05) is 39.5 Å². The van der Waals surface area contributed by atoms with Crippen molar-refractivity contribution in [1.82, 2.24) is 0 Å². The molecule has 0 spiro atoms. The second-order valence-corrected chi connectivity index (χ2v) is 4.99. The molecule has 0 amide bonds. The first-order valence-corrected chi connectivity index (χ1v) is 5.83. The molecule has 3 atom stereocenters. The van der Waals surface area contributed by atoms with Crippen molar-refractivity contribution in [3.63, 3.8) is 0 Å². The lowest BCUT2D eigenvalue weighted by molar-refractivity contribution is 0.137. The van der Waals surface area contributed by atoms with Crippen molar-refractivity contribution < 1.29 is 0 Å². The zero-order valence-electron chi connectivity index (χ0n) is 8.55. The van der Waals surface area contributed by atoms with Gasteiger partial charge in [0, 0.05) is 0 Å². The highest BCUT2D eigenvalue weighted by Gasteiger charge is 2.40. The maximum absolute atomic E-state index is 2.49. The Kier molecular flexibility index (Phi) is 2.43. The molecule has 2 fully saturated rings. The largest absolute Gasteiger partial charge is 0.0651 e. The van der Waals surface area contributed by atoms with Gasteiger partial charge in [0.1, 0.15) is 0 Å². The lowest BCUT2D eigenvalue weighted by Gasteiger charge is -2.36. The van der Waals surface area contributed by atoms with Crippen LogP contribution >= 0.6 is 0 Å². The van der Waals surface area contributed by atoms with E-state index in [-0.39, 0.29) is 0 Å². The van der Waals surface area contributed by atoms with E-state index in [9.17, 15) is 0 Å². The molecule has 3 unspecified atom stereocenters. The second-order valence-electron chi connectivity index (χ2n) is 4.99. The highest BCUT2D eigenvalue weighted by atomic mass is 14.5. The Balaban J connectivity index is 2.00. The van der Waals surface area contributed by atoms with E-state index in [0.717, 1.165) is 23.7 Å². The third kappa shape index (κ3) is 1.53. The molecular weight excluding hydrogens is 144 g/mol. The predicted molar refractivity (Wildman–Crippen MR) is 53.0 cm³/mol. The third-order valence-electron chi connectivity index (χ3n) is 4.13. The van der Waals surface area contributed by atoms with E-state index in [4.69, 9.17) is 0 Å². The highest BCUT2D eigenvalue weighted by molar-refractivity contribution is 4.90. The first kappa shape index (κ1) is 8.59. The van der Waals surface area contributed by atoms with E-state index in [1.807, 2.05) is 0 Å². The van der Waals surface area contributed by atoms with Crippen LogP contribution < -0.4 is 0 Å². The fourth-order valence-electron chi connectivity index (χ4n) is 3.36. The van der Waals surface area contributed by atoms with Gasteiger partial charge in [0.2, 0.25) is 0 Å². The summed E-state index contributed by atoms with van der Waals surface area (Å²) in [6.45, 7) is 4.88. The molecule has 0 bridgehead atoms. The third-order valence-corrected chi connectivity index (χ3v) is 4.13. The number of hydrogen-bond donors (Lipinski definition) is 0. The summed E-state index contributed by atoms with van der Waals surface area (Å²) in [5.41, 5.74) is 0. The first-order valence-electron chi connectivity index (χ1n) is 5.83. The minimum atomic E-state index is 1.04. The molecule has 70 valence electrons. The quantitative estimate of drug-likeness (QED) is 0.584. The summed E-state index contributed by atoms with van der Waals surface area (Å²) in [4.78, 5) is 0. The maximum Gasteiger partial charge on any atom is -0.0332 e. The van der Waals surface area contributed by atoms with Crippen LogP contribution in [0.15, 0.2) is 0 Å². The average Bonchev–Trinajstić information content (AvgIpc) is 2.87. The average molecular weight is 166 g/mol. The summed E-state index contributed by atoms with van der Waals surface area (Å²) in [7, 11) is 0. The van der Waals surface area contributed by atoms with Crippen LogP contribution in [0.25, 0.3) is 0 Å². The van der Waals surface area contributed by atoms with Crippen LogP contribution in [-0.2, 0) is 0 Å². The van der Waals surface area contributed by atoms with Crippen molar-refractivity contribution in [3.8, 4) is 0 Å². The van der Waals surface area contributed by atoms with Crippen LogP contribution in [-0.4, -0.2) is 0 Å². The van der Waals surface area contributed by atoms with Crippen molar-refractivity contribution in [2.24, 2.45) is 23.7 Å². The Labute approximate surface area is 76.7 Å². The van der Waals surface area contributed by atoms with Crippen molar-refractivity contribution >= 4 is 0 Å². The van der Waals surface area contributed by atoms with Crippen LogP contribution in [0.1, 0.15) is 52.4 Å². The highest BCUT2D eigenvalue weighted by Crippen LogP contribution is 2.50. The summed E-state index contributed by atoms with van der Waals surface area (Å²) in [5.74, 6) is 4.38. The van der Waals surface area contributed by atoms with Crippen LogP contribution in [0.2, 0.25) is 0 Å². The molecule has 0 aliphatic heterocycles. The Bertz CT molecular complexity index is 146. The molecule has 0 heterocycles. The van der Waals surface area contributed by atoms with Gasteiger partial charge in [0.15, 0.2) is 0 Å². The van der Waals surface area contributed by atoms with Gasteiger partial charge in [0.05, 0.1) is 0 Å². The minimum absolute atomic E-state index is 1.04. The van der Waals surface area contributed by atoms with E-state index in [2.05, 4.69) is 13.8 Å². The molecule has 0 nitrogen and oxygen atoms in total. The lowest BCUT2D eigenvalue weighted by Crippen LogP contribution is -2.27. The summed E-state index contributed by atoms with van der Waals surface area (Å²) in [5, 5.41) is 0. The number of rotatable bonds is 2. The van der Waals surface area contributed by atoms with Gasteiger partial charge in [-0.05, 0) is 36.5 Å². The molecule has 0 aromatic rings. The Hall–Kier alpha value is 0. The molecule has 0 aromatic heterocycles. The molecular formula is C12H22. The van der Waals surface area contributed by atoms with Gasteiger partial charge < -0.3 is 0 Å². The van der Waals surface area contributed by atoms with Gasteiger partial charge in [-0.25, -0.2) is 0 Å². The van der Waals surface area contributed by atoms with Crippen LogP contribution in [0, 0.1) is 23.7 Å². The molecule has 0 heteroatoms. The van der Waals surface area contributed by atoms with Crippen LogP contribution in [0.5, 0.6) is 0 Å². The van der Waals surface area contributed by atoms with Crippen molar-refractivity contribution in [3.05, 3.63) is 0 Å². The van der Waals surface area contributed by atoms with E-state index >= 15 is 0 Å². The Morgan fingerprint density at radius 3 is 2.42 bits per heavy atom. The summed E-state index contributed by atoms with van der Waals surface area (Å²) < 4.78 is 0. The molecule has 12 heavy (non-hydrogen) atoms. The van der Waals surface area contributed by atoms with Crippen molar-refractivity contribution in [2.45, 2.75) is 52.4 Å². The van der Waals surface area contributed by atoms with Crippen LogP contribution in [0.3, 0.4) is 0 Å². The van der Waals surface area contributed by atoms with E-state index in [0.29, 0.717) is 0 Å². The standard InChI is InChI=1S/C12H22/c1-3-10-6-4-5-9(2)12(10)11-7-8-11/h9-12H,3-8H2,1-2H3. The summed E-state index contributed by atoms with van der Waals surface area (Å²) >= 11 is 0. The van der Waals surface area contributed by atoms with E-state index < -0.39 is 0 Å². The molecule has 0 N–H and O–H groups in total. The fraction of sp³-hybridized carbons (Fsp3) is 1.00. The zero-order chi connectivity index (χ0) is 8.55. The van der Waals surface area contributed by atoms with Crippen molar-refractivity contribution in [1.29, 1.82) is 0 Å². The van der Waals surface area contributed by atoms with Gasteiger partial charge in [-0.3, -0.25) is 0 Å². The Morgan fingerprint density at radius 2 is 1.83 bits per heavy atom. The monoisotopic (exact) mass is 166 g/mol. The molecule has 0 saturated heterocycles. The van der Waals surface area contributed by atoms with Gasteiger partial charge in [-0.2, -0.15) is 0 Å². The van der Waals surface area contributed by atoms with E-state index in [1.165, 1.54) is 25.7 Å².